The Morgan fingerprint density at radius 2 is 1.68 bits per heavy atom. The van der Waals surface area contributed by atoms with Gasteiger partial charge in [0.25, 0.3) is 0 Å². The Bertz CT molecular complexity index is 867. The molecule has 11 nitrogen and oxygen atoms in total. The largest absolute Gasteiger partial charge is 0.352 e. The minimum Gasteiger partial charge on any atom is -0.352 e. The van der Waals surface area contributed by atoms with Gasteiger partial charge >= 0.3 is 6.03 Å². The third-order valence-corrected chi connectivity index (χ3v) is 6.72. The lowest BCUT2D eigenvalue weighted by Gasteiger charge is -2.28. The lowest BCUT2D eigenvalue weighted by Crippen LogP contribution is -2.55. The van der Waals surface area contributed by atoms with Crippen molar-refractivity contribution in [2.75, 3.05) is 13.1 Å². The number of ketones is 1. The van der Waals surface area contributed by atoms with E-state index < -0.39 is 29.4 Å². The molecule has 0 aromatic rings. The minimum absolute atomic E-state index is 0.103. The van der Waals surface area contributed by atoms with Crippen molar-refractivity contribution in [1.29, 1.82) is 0 Å². The number of nitrogens with two attached hydrogens (primary N) is 1. The molecule has 1 aliphatic heterocycles. The lowest BCUT2D eigenvalue weighted by atomic mass is 9.84. The molecule has 11 heteroatoms. The van der Waals surface area contributed by atoms with Crippen LogP contribution in [0.2, 0.25) is 0 Å². The minimum atomic E-state index is -0.813. The number of likely N-dealkylation sites (tertiary alicyclic amines) is 1. The zero-order valence-corrected chi connectivity index (χ0v) is 23.9. The fourth-order valence-electron chi connectivity index (χ4n) is 4.39. The van der Waals surface area contributed by atoms with E-state index in [1.54, 1.807) is 20.8 Å². The molecule has 0 aliphatic carbocycles. The number of urea groups is 1. The van der Waals surface area contributed by atoms with E-state index in [0.29, 0.717) is 45.1 Å². The maximum Gasteiger partial charge on any atom is 0.312 e. The Morgan fingerprint density at radius 3 is 2.21 bits per heavy atom. The van der Waals surface area contributed by atoms with Crippen LogP contribution in [0.25, 0.3) is 0 Å². The van der Waals surface area contributed by atoms with E-state index in [-0.39, 0.29) is 54.7 Å². The van der Waals surface area contributed by atoms with Gasteiger partial charge in [0, 0.05) is 37.3 Å². The molecule has 0 radical (unpaired) electrons. The van der Waals surface area contributed by atoms with Crippen LogP contribution in [-0.4, -0.2) is 65.5 Å². The number of hydrogen-bond acceptors (Lipinski definition) is 6. The summed E-state index contributed by atoms with van der Waals surface area (Å²) in [6.45, 7) is 11.5. The second-order valence-electron chi connectivity index (χ2n) is 11.4. The summed E-state index contributed by atoms with van der Waals surface area (Å²) in [5.74, 6) is -1.50. The van der Waals surface area contributed by atoms with Gasteiger partial charge in [0.15, 0.2) is 5.78 Å². The van der Waals surface area contributed by atoms with Crippen LogP contribution in [0.1, 0.15) is 92.9 Å². The second-order valence-corrected chi connectivity index (χ2v) is 11.4. The molecule has 0 bridgehead atoms. The number of nitrogens with zero attached hydrogens (tertiary/aromatic N) is 1. The Labute approximate surface area is 226 Å². The normalized spacial score (nSPS) is 17.3. The van der Waals surface area contributed by atoms with Gasteiger partial charge in [0.1, 0.15) is 6.04 Å². The number of carbonyl (C=O) groups is 6. The molecule has 6 amide bonds. The highest BCUT2D eigenvalue weighted by molar-refractivity contribution is 6.03. The van der Waals surface area contributed by atoms with Crippen LogP contribution in [0.4, 0.5) is 4.79 Å². The molecule has 1 rings (SSSR count). The topological polar surface area (TPSA) is 168 Å². The Kier molecular flexibility index (Phi) is 13.4. The molecular formula is C27H47N5O6. The van der Waals surface area contributed by atoms with Gasteiger partial charge < -0.3 is 21.7 Å². The Hall–Kier alpha value is -2.98. The van der Waals surface area contributed by atoms with Crippen LogP contribution in [0, 0.1) is 17.3 Å². The van der Waals surface area contributed by atoms with Crippen molar-refractivity contribution in [3.05, 3.63) is 0 Å². The quantitative estimate of drug-likeness (QED) is 0.173. The molecule has 1 fully saturated rings. The van der Waals surface area contributed by atoms with E-state index in [1.165, 1.54) is 4.90 Å². The third kappa shape index (κ3) is 10.8. The predicted molar refractivity (Wildman–Crippen MR) is 144 cm³/mol. The fraction of sp³-hybridized carbons (Fsp3) is 0.778. The monoisotopic (exact) mass is 537 g/mol. The van der Waals surface area contributed by atoms with Crippen LogP contribution < -0.4 is 21.7 Å². The van der Waals surface area contributed by atoms with Crippen molar-refractivity contribution >= 4 is 35.4 Å². The zero-order valence-electron chi connectivity index (χ0n) is 23.9. The molecule has 1 heterocycles. The van der Waals surface area contributed by atoms with Gasteiger partial charge in [-0.25, -0.2) is 4.79 Å². The molecule has 0 saturated carbocycles. The van der Waals surface area contributed by atoms with Crippen molar-refractivity contribution in [2.24, 2.45) is 23.0 Å². The second kappa shape index (κ2) is 15.4. The molecule has 216 valence electrons. The maximum atomic E-state index is 13.1. The summed E-state index contributed by atoms with van der Waals surface area (Å²) in [6, 6.07) is -2.23. The first-order chi connectivity index (χ1) is 17.7. The lowest BCUT2D eigenvalue weighted by molar-refractivity contribution is -0.139. The molecule has 1 saturated heterocycles. The highest BCUT2D eigenvalue weighted by Crippen LogP contribution is 2.23. The SMILES string of the molecule is CCC1CC(=O)N(CCCCCC(=O)N[C@H](C(=O)N[C@@H](CCCNC(N)=O)C(=O)C(C)(C)C)C(C)C)C1=O. The number of primary amides is 1. The van der Waals surface area contributed by atoms with Gasteiger partial charge in [-0.1, -0.05) is 48.0 Å². The number of Topliss-reactive ketones (excluding diaryl/α,β-unsaturated/α-hetero) is 1. The molecule has 0 aromatic heterocycles. The summed E-state index contributed by atoms with van der Waals surface area (Å²) in [5.41, 5.74) is 4.40. The zero-order chi connectivity index (χ0) is 29.0. The highest BCUT2D eigenvalue weighted by Gasteiger charge is 2.37. The summed E-state index contributed by atoms with van der Waals surface area (Å²) >= 11 is 0. The maximum absolute atomic E-state index is 13.1. The molecule has 0 spiro atoms. The number of hydrogen-bond donors (Lipinski definition) is 4. The van der Waals surface area contributed by atoms with E-state index in [9.17, 15) is 28.8 Å². The summed E-state index contributed by atoms with van der Waals surface area (Å²) < 4.78 is 0. The van der Waals surface area contributed by atoms with Crippen LogP contribution in [0.3, 0.4) is 0 Å². The van der Waals surface area contributed by atoms with Gasteiger partial charge in [-0.15, -0.1) is 0 Å². The third-order valence-electron chi connectivity index (χ3n) is 6.72. The molecule has 3 atom stereocenters. The first-order valence-corrected chi connectivity index (χ1v) is 13.7. The smallest absolute Gasteiger partial charge is 0.312 e. The summed E-state index contributed by atoms with van der Waals surface area (Å²) in [4.78, 5) is 75.1. The number of imide groups is 1. The van der Waals surface area contributed by atoms with Crippen molar-refractivity contribution in [3.63, 3.8) is 0 Å². The van der Waals surface area contributed by atoms with Crippen molar-refractivity contribution < 1.29 is 28.8 Å². The highest BCUT2D eigenvalue weighted by atomic mass is 16.2. The van der Waals surface area contributed by atoms with Crippen molar-refractivity contribution in [2.45, 2.75) is 105 Å². The number of amides is 6. The van der Waals surface area contributed by atoms with Crippen molar-refractivity contribution in [3.8, 4) is 0 Å². The summed E-state index contributed by atoms with van der Waals surface area (Å²) in [5, 5.41) is 8.07. The van der Waals surface area contributed by atoms with Crippen LogP contribution >= 0.6 is 0 Å². The van der Waals surface area contributed by atoms with Gasteiger partial charge in [-0.2, -0.15) is 0 Å². The molecule has 5 N–H and O–H groups in total. The van der Waals surface area contributed by atoms with Gasteiger partial charge in [-0.05, 0) is 38.0 Å². The van der Waals surface area contributed by atoms with E-state index in [4.69, 9.17) is 5.73 Å². The van der Waals surface area contributed by atoms with Crippen LogP contribution in [0.15, 0.2) is 0 Å². The van der Waals surface area contributed by atoms with E-state index in [0.717, 1.165) is 0 Å². The standard InChI is InChI=1S/C27H47N5O6/c1-7-18-16-21(34)32(25(18)37)15-10-8-9-13-20(33)31-22(17(2)3)24(36)30-19(23(35)27(4,5)6)12-11-14-29-26(28)38/h17-19,22H,7-16H2,1-6H3,(H,30,36)(H,31,33)(H3,28,29,38)/t18?,19-,22-/m0/s1. The van der Waals surface area contributed by atoms with E-state index in [1.807, 2.05) is 20.8 Å². The van der Waals surface area contributed by atoms with Crippen molar-refractivity contribution in [1.82, 2.24) is 20.9 Å². The van der Waals surface area contributed by atoms with Gasteiger partial charge in [-0.3, -0.25) is 28.9 Å². The van der Waals surface area contributed by atoms with Crippen LogP contribution in [-0.2, 0) is 24.0 Å². The molecule has 38 heavy (non-hydrogen) atoms. The number of unbranched alkanes of at least 4 members (excludes halogenated alkanes) is 2. The Balaban J connectivity index is 2.59. The van der Waals surface area contributed by atoms with E-state index in [2.05, 4.69) is 16.0 Å². The molecule has 1 unspecified atom stereocenters. The summed E-state index contributed by atoms with van der Waals surface area (Å²) in [6.07, 6.45) is 3.76. The molecule has 1 aliphatic rings. The van der Waals surface area contributed by atoms with E-state index >= 15 is 0 Å². The average molecular weight is 538 g/mol. The predicted octanol–water partition coefficient (Wildman–Crippen LogP) is 2.02. The first kappa shape index (κ1) is 33.0. The van der Waals surface area contributed by atoms with Gasteiger partial charge in [0.05, 0.1) is 6.04 Å². The van der Waals surface area contributed by atoms with Gasteiger partial charge in [0.2, 0.25) is 23.6 Å². The van der Waals surface area contributed by atoms with Crippen LogP contribution in [0.5, 0.6) is 0 Å². The number of carbonyl (C=O) groups excluding carboxylic acids is 6. The molecular weight excluding hydrogens is 490 g/mol. The molecule has 0 aromatic carbocycles. The number of nitrogens with one attached hydrogen (secondary N) is 3. The average Bonchev–Trinajstić information content (AvgIpc) is 3.10. The summed E-state index contributed by atoms with van der Waals surface area (Å²) in [7, 11) is 0. The number of rotatable bonds is 16. The first-order valence-electron chi connectivity index (χ1n) is 13.7. The fourth-order valence-corrected chi connectivity index (χ4v) is 4.39. The Morgan fingerprint density at radius 1 is 1.03 bits per heavy atom.